The number of nitrogens with zero attached hydrogens (tertiary/aromatic N) is 1. The summed E-state index contributed by atoms with van der Waals surface area (Å²) < 4.78 is 32.5. The molecule has 2 aromatic carbocycles. The molecule has 0 saturated heterocycles. The van der Waals surface area contributed by atoms with Gasteiger partial charge in [0.1, 0.15) is 11.4 Å². The van der Waals surface area contributed by atoms with Crippen LogP contribution in [0.3, 0.4) is 0 Å². The number of hydrogen-bond donors (Lipinski definition) is 1. The number of imide groups is 1. The van der Waals surface area contributed by atoms with Crippen molar-refractivity contribution >= 4 is 23.1 Å². The van der Waals surface area contributed by atoms with E-state index in [1.54, 1.807) is 38.1 Å². The second-order valence-corrected chi connectivity index (χ2v) is 7.81. The van der Waals surface area contributed by atoms with Crippen molar-refractivity contribution in [1.82, 2.24) is 4.90 Å². The van der Waals surface area contributed by atoms with Gasteiger partial charge in [0.25, 0.3) is 11.8 Å². The fraction of sp³-hybridized carbons (Fsp3) is 0.304. The van der Waals surface area contributed by atoms with Crippen LogP contribution in [0.5, 0.6) is 5.75 Å². The van der Waals surface area contributed by atoms with Crippen LogP contribution < -0.4 is 10.1 Å². The van der Waals surface area contributed by atoms with Crippen LogP contribution in [0.4, 0.5) is 14.5 Å². The molecule has 2 amide bonds. The Morgan fingerprint density at radius 3 is 2.17 bits per heavy atom. The molecular weight excluding hydrogens is 390 g/mol. The van der Waals surface area contributed by atoms with E-state index < -0.39 is 23.4 Å². The second-order valence-electron chi connectivity index (χ2n) is 7.81. The summed E-state index contributed by atoms with van der Waals surface area (Å²) in [6.45, 7) is 8.11. The average molecular weight is 414 g/mol. The van der Waals surface area contributed by atoms with Crippen LogP contribution in [-0.4, -0.2) is 29.4 Å². The SMILES string of the molecule is CC(C)COc1ccc(C2=C(Nc3ccc(F)c(F)c3)C(=O)N(C(C)C)C2=O)cc1. The first-order valence-corrected chi connectivity index (χ1v) is 9.76. The Bertz CT molecular complexity index is 998. The zero-order valence-electron chi connectivity index (χ0n) is 17.3. The molecule has 2 aromatic rings. The molecular formula is C23H24F2N2O3. The van der Waals surface area contributed by atoms with Crippen molar-refractivity contribution in [1.29, 1.82) is 0 Å². The maximum absolute atomic E-state index is 13.6. The highest BCUT2D eigenvalue weighted by molar-refractivity contribution is 6.36. The molecule has 0 aromatic heterocycles. The van der Waals surface area contributed by atoms with Gasteiger partial charge in [-0.2, -0.15) is 0 Å². The van der Waals surface area contributed by atoms with Gasteiger partial charge in [-0.1, -0.05) is 26.0 Å². The molecule has 0 fully saturated rings. The number of amides is 2. The van der Waals surface area contributed by atoms with Gasteiger partial charge in [0.05, 0.1) is 12.2 Å². The molecule has 3 rings (SSSR count). The Kier molecular flexibility index (Phi) is 6.20. The Morgan fingerprint density at radius 2 is 1.60 bits per heavy atom. The number of anilines is 1. The lowest BCUT2D eigenvalue weighted by molar-refractivity contribution is -0.138. The minimum atomic E-state index is -1.05. The van der Waals surface area contributed by atoms with E-state index >= 15 is 0 Å². The first-order valence-electron chi connectivity index (χ1n) is 9.76. The molecule has 0 saturated carbocycles. The lowest BCUT2D eigenvalue weighted by Gasteiger charge is -2.19. The molecule has 7 heteroatoms. The maximum Gasteiger partial charge on any atom is 0.278 e. The molecule has 1 aliphatic rings. The van der Waals surface area contributed by atoms with Crippen molar-refractivity contribution in [3.05, 3.63) is 65.4 Å². The zero-order chi connectivity index (χ0) is 22.0. The fourth-order valence-corrected chi connectivity index (χ4v) is 3.10. The fourth-order valence-electron chi connectivity index (χ4n) is 3.10. The summed E-state index contributed by atoms with van der Waals surface area (Å²) in [5.74, 6) is -1.99. The molecule has 0 unspecified atom stereocenters. The first kappa shape index (κ1) is 21.5. The van der Waals surface area contributed by atoms with E-state index in [0.29, 0.717) is 23.8 Å². The van der Waals surface area contributed by atoms with Gasteiger partial charge in [-0.15, -0.1) is 0 Å². The number of benzene rings is 2. The lowest BCUT2D eigenvalue weighted by Crippen LogP contribution is -2.38. The van der Waals surface area contributed by atoms with Crippen LogP contribution in [0, 0.1) is 17.6 Å². The van der Waals surface area contributed by atoms with Crippen molar-refractivity contribution < 1.29 is 23.1 Å². The van der Waals surface area contributed by atoms with E-state index in [1.807, 2.05) is 13.8 Å². The van der Waals surface area contributed by atoms with Crippen LogP contribution in [0.2, 0.25) is 0 Å². The van der Waals surface area contributed by atoms with Crippen LogP contribution in [-0.2, 0) is 9.59 Å². The molecule has 0 spiro atoms. The number of hydrogen-bond acceptors (Lipinski definition) is 4. The van der Waals surface area contributed by atoms with Gasteiger partial charge in [0.15, 0.2) is 11.6 Å². The van der Waals surface area contributed by atoms with Gasteiger partial charge >= 0.3 is 0 Å². The van der Waals surface area contributed by atoms with E-state index in [9.17, 15) is 18.4 Å². The topological polar surface area (TPSA) is 58.6 Å². The van der Waals surface area contributed by atoms with Crippen LogP contribution >= 0.6 is 0 Å². The number of carbonyl (C=O) groups excluding carboxylic acids is 2. The Labute approximate surface area is 174 Å². The van der Waals surface area contributed by atoms with E-state index in [-0.39, 0.29) is 23.0 Å². The molecule has 0 atom stereocenters. The van der Waals surface area contributed by atoms with Crippen molar-refractivity contribution in [2.75, 3.05) is 11.9 Å². The number of ether oxygens (including phenoxy) is 1. The summed E-state index contributed by atoms with van der Waals surface area (Å²) in [5.41, 5.74) is 0.896. The van der Waals surface area contributed by atoms with Crippen LogP contribution in [0.25, 0.3) is 5.57 Å². The van der Waals surface area contributed by atoms with Gasteiger partial charge in [0.2, 0.25) is 0 Å². The van der Waals surface area contributed by atoms with E-state index in [1.165, 1.54) is 6.07 Å². The van der Waals surface area contributed by atoms with Gasteiger partial charge in [-0.25, -0.2) is 8.78 Å². The number of rotatable bonds is 7. The quantitative estimate of drug-likeness (QED) is 0.673. The number of halogens is 2. The predicted molar refractivity (Wildman–Crippen MR) is 111 cm³/mol. The standard InChI is InChI=1S/C23H24F2N2O3/c1-13(2)12-30-17-8-5-15(6-9-17)20-21(23(29)27(14(3)4)22(20)28)26-16-7-10-18(24)19(25)11-16/h5-11,13-14,26H,12H2,1-4H3. The molecule has 1 aliphatic heterocycles. The summed E-state index contributed by atoms with van der Waals surface area (Å²) in [4.78, 5) is 27.1. The summed E-state index contributed by atoms with van der Waals surface area (Å²) in [5, 5.41) is 2.81. The molecule has 0 bridgehead atoms. The number of carbonyl (C=O) groups is 2. The lowest BCUT2D eigenvalue weighted by atomic mass is 10.0. The molecule has 1 heterocycles. The van der Waals surface area contributed by atoms with Gasteiger partial charge in [-0.3, -0.25) is 14.5 Å². The molecule has 0 aliphatic carbocycles. The highest BCUT2D eigenvalue weighted by Gasteiger charge is 2.40. The molecule has 30 heavy (non-hydrogen) atoms. The maximum atomic E-state index is 13.6. The Balaban J connectivity index is 1.99. The summed E-state index contributed by atoms with van der Waals surface area (Å²) >= 11 is 0. The highest BCUT2D eigenvalue weighted by atomic mass is 19.2. The van der Waals surface area contributed by atoms with E-state index in [4.69, 9.17) is 4.74 Å². The Hall–Kier alpha value is -3.22. The third-order valence-electron chi connectivity index (χ3n) is 4.55. The Morgan fingerprint density at radius 1 is 0.933 bits per heavy atom. The normalized spacial score (nSPS) is 14.3. The van der Waals surface area contributed by atoms with Crippen LogP contribution in [0.15, 0.2) is 48.2 Å². The van der Waals surface area contributed by atoms with Gasteiger partial charge < -0.3 is 10.1 Å². The van der Waals surface area contributed by atoms with Crippen molar-refractivity contribution in [2.45, 2.75) is 33.7 Å². The highest BCUT2D eigenvalue weighted by Crippen LogP contribution is 2.32. The minimum Gasteiger partial charge on any atom is -0.493 e. The molecule has 1 N–H and O–H groups in total. The smallest absolute Gasteiger partial charge is 0.278 e. The third-order valence-corrected chi connectivity index (χ3v) is 4.55. The monoisotopic (exact) mass is 414 g/mol. The summed E-state index contributed by atoms with van der Waals surface area (Å²) in [6, 6.07) is 9.71. The minimum absolute atomic E-state index is 0.0237. The molecule has 5 nitrogen and oxygen atoms in total. The van der Waals surface area contributed by atoms with Crippen LogP contribution in [0.1, 0.15) is 33.3 Å². The number of nitrogens with one attached hydrogen (secondary N) is 1. The summed E-state index contributed by atoms with van der Waals surface area (Å²) in [6.07, 6.45) is 0. The average Bonchev–Trinajstić information content (AvgIpc) is 2.93. The first-order chi connectivity index (χ1) is 14.2. The third kappa shape index (κ3) is 4.35. The van der Waals surface area contributed by atoms with Gasteiger partial charge in [0, 0.05) is 17.8 Å². The van der Waals surface area contributed by atoms with Crippen molar-refractivity contribution in [3.8, 4) is 5.75 Å². The van der Waals surface area contributed by atoms with Crippen molar-refractivity contribution in [2.24, 2.45) is 5.92 Å². The zero-order valence-corrected chi connectivity index (χ0v) is 17.3. The molecule has 158 valence electrons. The second kappa shape index (κ2) is 8.65. The van der Waals surface area contributed by atoms with E-state index in [2.05, 4.69) is 5.32 Å². The van der Waals surface area contributed by atoms with Crippen molar-refractivity contribution in [3.63, 3.8) is 0 Å². The largest absolute Gasteiger partial charge is 0.493 e. The van der Waals surface area contributed by atoms with Gasteiger partial charge in [-0.05, 0) is 49.6 Å². The van der Waals surface area contributed by atoms with E-state index in [0.717, 1.165) is 17.0 Å². The summed E-state index contributed by atoms with van der Waals surface area (Å²) in [7, 11) is 0. The molecule has 0 radical (unpaired) electrons. The predicted octanol–water partition coefficient (Wildman–Crippen LogP) is 4.60.